The minimum Gasteiger partial charge on any atom is -0.506 e. The van der Waals surface area contributed by atoms with E-state index in [4.69, 9.17) is 17.3 Å². The van der Waals surface area contributed by atoms with Crippen LogP contribution in [0.2, 0.25) is 5.02 Å². The number of primary amides is 1. The van der Waals surface area contributed by atoms with Crippen molar-refractivity contribution in [2.75, 3.05) is 13.6 Å². The summed E-state index contributed by atoms with van der Waals surface area (Å²) < 4.78 is 0. The van der Waals surface area contributed by atoms with Crippen molar-refractivity contribution in [3.63, 3.8) is 0 Å². The van der Waals surface area contributed by atoms with Crippen LogP contribution in [0.1, 0.15) is 45.0 Å². The van der Waals surface area contributed by atoms with Crippen LogP contribution in [-0.4, -0.2) is 35.5 Å². The summed E-state index contributed by atoms with van der Waals surface area (Å²) in [5, 5.41) is 10.6. The van der Waals surface area contributed by atoms with E-state index >= 15 is 0 Å². The largest absolute Gasteiger partial charge is 0.506 e. The second-order valence-corrected chi connectivity index (χ2v) is 7.50. The summed E-state index contributed by atoms with van der Waals surface area (Å²) in [5.41, 5.74) is 10.7. The average Bonchev–Trinajstić information content (AvgIpc) is 2.73. The van der Waals surface area contributed by atoms with Gasteiger partial charge in [-0.3, -0.25) is 4.79 Å². The molecule has 2 unspecified atom stereocenters. The first-order valence-electron chi connectivity index (χ1n) is 8.60. The molecule has 1 aliphatic carbocycles. The number of phenols is 1. The molecule has 1 amide bonds. The quantitative estimate of drug-likeness (QED) is 0.825. The third-order valence-corrected chi connectivity index (χ3v) is 6.01. The number of hydrogen-bond acceptors (Lipinski definition) is 3. The molecule has 0 radical (unpaired) electrons. The molecule has 25 heavy (non-hydrogen) atoms. The molecular formula is C20H21ClN2O2. The van der Waals surface area contributed by atoms with E-state index in [1.54, 1.807) is 6.07 Å². The number of hydrogen-bond donors (Lipinski definition) is 2. The Bertz CT molecular complexity index is 865. The van der Waals surface area contributed by atoms with E-state index in [0.717, 1.165) is 36.9 Å². The van der Waals surface area contributed by atoms with Gasteiger partial charge in [0.2, 0.25) is 5.91 Å². The zero-order valence-electron chi connectivity index (χ0n) is 14.1. The Morgan fingerprint density at radius 1 is 1.20 bits per heavy atom. The molecule has 1 heterocycles. The lowest BCUT2D eigenvalue weighted by Gasteiger charge is -2.38. The minimum absolute atomic E-state index is 0.105. The number of nitrogens with zero attached hydrogens (tertiary/aromatic N) is 1. The normalized spacial score (nSPS) is 22.5. The Labute approximate surface area is 152 Å². The fraction of sp³-hybridized carbons (Fsp3) is 0.350. The van der Waals surface area contributed by atoms with Crippen LogP contribution in [-0.2, 0) is 12.8 Å². The summed E-state index contributed by atoms with van der Waals surface area (Å²) in [6.07, 6.45) is 2.92. The highest BCUT2D eigenvalue weighted by atomic mass is 35.5. The maximum Gasteiger partial charge on any atom is 0.248 e. The fourth-order valence-electron chi connectivity index (χ4n) is 4.38. The molecule has 0 bridgehead atoms. The van der Waals surface area contributed by atoms with Crippen molar-refractivity contribution in [3.05, 3.63) is 63.2 Å². The number of nitrogens with two attached hydrogens (primary N) is 1. The first-order valence-corrected chi connectivity index (χ1v) is 8.97. The van der Waals surface area contributed by atoms with Gasteiger partial charge in [-0.25, -0.2) is 0 Å². The van der Waals surface area contributed by atoms with E-state index in [2.05, 4.69) is 11.9 Å². The van der Waals surface area contributed by atoms with Crippen LogP contribution in [0.4, 0.5) is 0 Å². The van der Waals surface area contributed by atoms with Gasteiger partial charge in [-0.15, -0.1) is 0 Å². The SMILES string of the molecule is CN1CCc2cc(Cl)c(O)cc2C2c3cc(C(N)=O)ccc3CCC21. The summed E-state index contributed by atoms with van der Waals surface area (Å²) in [4.78, 5) is 14.1. The van der Waals surface area contributed by atoms with Crippen LogP contribution in [0.15, 0.2) is 30.3 Å². The second-order valence-electron chi connectivity index (χ2n) is 7.09. The Hall–Kier alpha value is -2.04. The van der Waals surface area contributed by atoms with Gasteiger partial charge in [-0.1, -0.05) is 17.7 Å². The molecule has 0 spiro atoms. The predicted molar refractivity (Wildman–Crippen MR) is 98.4 cm³/mol. The van der Waals surface area contributed by atoms with Crippen LogP contribution >= 0.6 is 11.6 Å². The summed E-state index contributed by atoms with van der Waals surface area (Å²) in [7, 11) is 2.15. The van der Waals surface area contributed by atoms with Crippen LogP contribution in [0.3, 0.4) is 0 Å². The number of carbonyl (C=O) groups excluding carboxylic acids is 1. The summed E-state index contributed by atoms with van der Waals surface area (Å²) >= 11 is 6.15. The monoisotopic (exact) mass is 356 g/mol. The number of aromatic hydroxyl groups is 1. The molecule has 130 valence electrons. The maximum atomic E-state index is 11.7. The molecule has 2 aromatic rings. The molecule has 3 N–H and O–H groups in total. The van der Waals surface area contributed by atoms with E-state index < -0.39 is 5.91 Å². The van der Waals surface area contributed by atoms with E-state index in [1.165, 1.54) is 11.1 Å². The molecule has 0 saturated heterocycles. The lowest BCUT2D eigenvalue weighted by Crippen LogP contribution is -2.39. The highest BCUT2D eigenvalue weighted by Crippen LogP contribution is 2.44. The van der Waals surface area contributed by atoms with Crippen molar-refractivity contribution in [2.24, 2.45) is 5.73 Å². The van der Waals surface area contributed by atoms with Crippen LogP contribution in [0.5, 0.6) is 5.75 Å². The van der Waals surface area contributed by atoms with Gasteiger partial charge in [0.25, 0.3) is 0 Å². The highest BCUT2D eigenvalue weighted by molar-refractivity contribution is 6.32. The highest BCUT2D eigenvalue weighted by Gasteiger charge is 2.37. The lowest BCUT2D eigenvalue weighted by molar-refractivity contribution is 0.1000. The molecule has 0 saturated carbocycles. The van der Waals surface area contributed by atoms with Gasteiger partial charge in [0.05, 0.1) is 5.02 Å². The number of fused-ring (bicyclic) bond motifs is 5. The molecular weight excluding hydrogens is 336 g/mol. The van der Waals surface area contributed by atoms with Gasteiger partial charge in [-0.05, 0) is 72.8 Å². The van der Waals surface area contributed by atoms with Crippen molar-refractivity contribution >= 4 is 17.5 Å². The molecule has 4 nitrogen and oxygen atoms in total. The van der Waals surface area contributed by atoms with Gasteiger partial charge >= 0.3 is 0 Å². The smallest absolute Gasteiger partial charge is 0.248 e. The van der Waals surface area contributed by atoms with Gasteiger partial charge in [0.15, 0.2) is 0 Å². The minimum atomic E-state index is -0.411. The van der Waals surface area contributed by atoms with Crippen LogP contribution < -0.4 is 5.73 Å². The first kappa shape index (κ1) is 16.4. The van der Waals surface area contributed by atoms with Crippen molar-refractivity contribution in [1.29, 1.82) is 0 Å². The van der Waals surface area contributed by atoms with Crippen LogP contribution in [0, 0.1) is 0 Å². The van der Waals surface area contributed by atoms with E-state index in [0.29, 0.717) is 16.6 Å². The topological polar surface area (TPSA) is 66.6 Å². The van der Waals surface area contributed by atoms with E-state index in [-0.39, 0.29) is 11.7 Å². The molecule has 2 aliphatic rings. The summed E-state index contributed by atoms with van der Waals surface area (Å²) in [6.45, 7) is 0.945. The zero-order chi connectivity index (χ0) is 17.7. The molecule has 0 aromatic heterocycles. The standard InChI is InChI=1S/C20H21ClN2O2/c1-23-7-6-12-9-16(21)18(24)10-15(12)19-14-8-13(20(22)25)3-2-11(14)4-5-17(19)23/h2-3,8-10,17,19,24H,4-7H2,1H3,(H2,22,25). The molecule has 2 aromatic carbocycles. The molecule has 1 aliphatic heterocycles. The van der Waals surface area contributed by atoms with Gasteiger partial charge < -0.3 is 15.7 Å². The van der Waals surface area contributed by atoms with Gasteiger partial charge in [-0.2, -0.15) is 0 Å². The summed E-state index contributed by atoms with van der Waals surface area (Å²) in [6, 6.07) is 9.78. The Morgan fingerprint density at radius 3 is 2.72 bits per heavy atom. The number of phenolic OH excluding ortho intramolecular Hbond substituents is 1. The fourth-order valence-corrected chi connectivity index (χ4v) is 4.57. The molecule has 5 heteroatoms. The average molecular weight is 357 g/mol. The van der Waals surface area contributed by atoms with E-state index in [1.807, 2.05) is 24.3 Å². The number of halogens is 1. The van der Waals surface area contributed by atoms with E-state index in [9.17, 15) is 9.90 Å². The van der Waals surface area contributed by atoms with Gasteiger partial charge in [0.1, 0.15) is 5.75 Å². The second kappa shape index (κ2) is 6.04. The molecule has 0 fully saturated rings. The lowest BCUT2D eigenvalue weighted by atomic mass is 9.74. The Morgan fingerprint density at radius 2 is 1.96 bits per heavy atom. The van der Waals surface area contributed by atoms with Crippen molar-refractivity contribution in [3.8, 4) is 5.75 Å². The maximum absolute atomic E-state index is 11.7. The Kier molecular flexibility index (Phi) is 3.97. The Balaban J connectivity index is 1.95. The van der Waals surface area contributed by atoms with Crippen molar-refractivity contribution < 1.29 is 9.90 Å². The van der Waals surface area contributed by atoms with Gasteiger partial charge in [0, 0.05) is 24.1 Å². The first-order chi connectivity index (χ1) is 12.0. The third kappa shape index (κ3) is 2.70. The number of amides is 1. The van der Waals surface area contributed by atoms with Crippen molar-refractivity contribution in [2.45, 2.75) is 31.2 Å². The third-order valence-electron chi connectivity index (χ3n) is 5.70. The zero-order valence-corrected chi connectivity index (χ0v) is 14.9. The van der Waals surface area contributed by atoms with Crippen molar-refractivity contribution in [1.82, 2.24) is 4.90 Å². The summed E-state index contributed by atoms with van der Waals surface area (Å²) in [5.74, 6) is -0.193. The van der Waals surface area contributed by atoms with Crippen LogP contribution in [0.25, 0.3) is 0 Å². The predicted octanol–water partition coefficient (Wildman–Crippen LogP) is 3.08. The number of aryl methyl sites for hydroxylation is 1. The molecule has 4 rings (SSSR count). The number of benzene rings is 2. The number of likely N-dealkylation sites (N-methyl/N-ethyl adjacent to an activating group) is 1. The number of carbonyl (C=O) groups is 1. The number of rotatable bonds is 1. The molecule has 2 atom stereocenters.